The number of carbonyl (C=O) groups is 1. The number of likely N-dealkylation sites (N-methyl/N-ethyl adjacent to an activating group) is 1. The number of anilines is 1. The summed E-state index contributed by atoms with van der Waals surface area (Å²) in [6.45, 7) is 0.608. The minimum atomic E-state index is -0.250. The van der Waals surface area contributed by atoms with Gasteiger partial charge in [0.15, 0.2) is 0 Å². The number of hydrogen-bond acceptors (Lipinski definition) is 2. The molecular weight excluding hydrogens is 248 g/mol. The molecule has 0 fully saturated rings. The molecule has 20 heavy (non-hydrogen) atoms. The van der Waals surface area contributed by atoms with Crippen LogP contribution in [0.15, 0.2) is 59.6 Å². The van der Waals surface area contributed by atoms with Crippen molar-refractivity contribution in [1.82, 2.24) is 0 Å². The average molecular weight is 264 g/mol. The Labute approximate surface area is 118 Å². The van der Waals surface area contributed by atoms with Crippen LogP contribution in [0, 0.1) is 0 Å². The first kappa shape index (κ1) is 12.6. The maximum atomic E-state index is 12.2. The average Bonchev–Trinajstić information content (AvgIpc) is 2.74. The zero-order valence-electron chi connectivity index (χ0n) is 11.4. The Morgan fingerprint density at radius 2 is 1.80 bits per heavy atom. The van der Waals surface area contributed by atoms with Crippen molar-refractivity contribution in [1.29, 1.82) is 0 Å². The van der Waals surface area contributed by atoms with Gasteiger partial charge in [-0.3, -0.25) is 9.79 Å². The summed E-state index contributed by atoms with van der Waals surface area (Å²) in [7, 11) is 1.81. The summed E-state index contributed by atoms with van der Waals surface area (Å²) in [5, 5.41) is 0. The fraction of sp³-hybridized carbons (Fsp3) is 0.176. The fourth-order valence-corrected chi connectivity index (χ4v) is 2.51. The Hall–Kier alpha value is -2.42. The summed E-state index contributed by atoms with van der Waals surface area (Å²) in [6.07, 6.45) is 1.78. The predicted octanol–water partition coefficient (Wildman–Crippen LogP) is 3.02. The fourth-order valence-electron chi connectivity index (χ4n) is 2.51. The first-order valence-corrected chi connectivity index (χ1v) is 6.68. The lowest BCUT2D eigenvalue weighted by molar-refractivity contribution is -0.117. The minimum absolute atomic E-state index is 0.0861. The number of amides is 1. The van der Waals surface area contributed by atoms with Crippen molar-refractivity contribution in [2.24, 2.45) is 4.99 Å². The molecule has 0 bridgehead atoms. The monoisotopic (exact) mass is 264 g/mol. The standard InChI is InChI=1S/C17H16N2O/c1-19-16-10-6-5-9-14(16)15(17(19)20)12-18-11-13-7-3-2-4-8-13/h2-10,12,15H,11H2,1H3/t15-/m0/s1. The lowest BCUT2D eigenvalue weighted by atomic mass is 10.0. The molecule has 1 atom stereocenters. The molecule has 0 saturated heterocycles. The summed E-state index contributed by atoms with van der Waals surface area (Å²) in [5.41, 5.74) is 3.17. The van der Waals surface area contributed by atoms with Gasteiger partial charge in [-0.2, -0.15) is 0 Å². The van der Waals surface area contributed by atoms with Crippen LogP contribution in [0.5, 0.6) is 0 Å². The van der Waals surface area contributed by atoms with Crippen molar-refractivity contribution in [3.05, 3.63) is 65.7 Å². The Bertz CT molecular complexity index is 649. The van der Waals surface area contributed by atoms with Gasteiger partial charge in [-0.25, -0.2) is 0 Å². The number of benzene rings is 2. The molecule has 3 heteroatoms. The molecule has 1 aliphatic heterocycles. The molecule has 0 unspecified atom stereocenters. The van der Waals surface area contributed by atoms with Gasteiger partial charge in [0.25, 0.3) is 0 Å². The van der Waals surface area contributed by atoms with E-state index in [4.69, 9.17) is 0 Å². The normalized spacial score (nSPS) is 17.8. The Morgan fingerprint density at radius 1 is 1.10 bits per heavy atom. The number of fused-ring (bicyclic) bond motifs is 1. The van der Waals surface area contributed by atoms with Crippen LogP contribution in [0.1, 0.15) is 17.0 Å². The highest BCUT2D eigenvalue weighted by atomic mass is 16.2. The maximum absolute atomic E-state index is 12.2. The highest BCUT2D eigenvalue weighted by Crippen LogP contribution is 2.34. The zero-order chi connectivity index (χ0) is 13.9. The van der Waals surface area contributed by atoms with Crippen LogP contribution in [0.25, 0.3) is 0 Å². The van der Waals surface area contributed by atoms with Crippen LogP contribution >= 0.6 is 0 Å². The van der Waals surface area contributed by atoms with Crippen molar-refractivity contribution in [3.63, 3.8) is 0 Å². The van der Waals surface area contributed by atoms with Crippen LogP contribution in [0.3, 0.4) is 0 Å². The van der Waals surface area contributed by atoms with E-state index >= 15 is 0 Å². The van der Waals surface area contributed by atoms with Crippen molar-refractivity contribution in [2.45, 2.75) is 12.5 Å². The second-order valence-electron chi connectivity index (χ2n) is 4.91. The predicted molar refractivity (Wildman–Crippen MR) is 81.2 cm³/mol. The van der Waals surface area contributed by atoms with Gasteiger partial charge >= 0.3 is 0 Å². The SMILES string of the molecule is CN1C(=O)[C@@H](C=NCc2ccccc2)c2ccccc21. The molecule has 0 N–H and O–H groups in total. The molecule has 1 amide bonds. The lowest BCUT2D eigenvalue weighted by Crippen LogP contribution is -2.24. The third kappa shape index (κ3) is 2.23. The summed E-state index contributed by atoms with van der Waals surface area (Å²) in [5.74, 6) is -0.164. The van der Waals surface area contributed by atoms with Crippen LogP contribution in [0.4, 0.5) is 5.69 Å². The topological polar surface area (TPSA) is 32.7 Å². The Balaban J connectivity index is 1.79. The molecule has 3 rings (SSSR count). The van der Waals surface area contributed by atoms with Gasteiger partial charge in [0.05, 0.1) is 6.54 Å². The third-order valence-electron chi connectivity index (χ3n) is 3.60. The quantitative estimate of drug-likeness (QED) is 0.784. The van der Waals surface area contributed by atoms with Crippen molar-refractivity contribution >= 4 is 17.8 Å². The van der Waals surface area contributed by atoms with E-state index in [1.54, 1.807) is 11.1 Å². The van der Waals surface area contributed by atoms with Crippen molar-refractivity contribution < 1.29 is 4.79 Å². The van der Waals surface area contributed by atoms with Gasteiger partial charge in [-0.1, -0.05) is 48.5 Å². The second kappa shape index (κ2) is 5.29. The van der Waals surface area contributed by atoms with E-state index in [2.05, 4.69) is 4.99 Å². The van der Waals surface area contributed by atoms with Crippen molar-refractivity contribution in [3.8, 4) is 0 Å². The van der Waals surface area contributed by atoms with Gasteiger partial charge in [-0.15, -0.1) is 0 Å². The van der Waals surface area contributed by atoms with E-state index in [1.807, 2.05) is 61.6 Å². The minimum Gasteiger partial charge on any atom is -0.314 e. The van der Waals surface area contributed by atoms with E-state index in [0.29, 0.717) is 6.54 Å². The van der Waals surface area contributed by atoms with Gasteiger partial charge in [0.1, 0.15) is 5.92 Å². The molecular formula is C17H16N2O. The highest BCUT2D eigenvalue weighted by molar-refractivity contribution is 6.13. The summed E-state index contributed by atoms with van der Waals surface area (Å²) < 4.78 is 0. The lowest BCUT2D eigenvalue weighted by Gasteiger charge is -2.08. The number of para-hydroxylation sites is 1. The van der Waals surface area contributed by atoms with Gasteiger partial charge in [0.2, 0.25) is 5.91 Å². The highest BCUT2D eigenvalue weighted by Gasteiger charge is 2.33. The zero-order valence-corrected chi connectivity index (χ0v) is 11.4. The molecule has 0 saturated carbocycles. The van der Waals surface area contributed by atoms with Gasteiger partial charge < -0.3 is 4.90 Å². The van der Waals surface area contributed by atoms with E-state index in [-0.39, 0.29) is 11.8 Å². The first-order chi connectivity index (χ1) is 9.77. The van der Waals surface area contributed by atoms with E-state index in [9.17, 15) is 4.79 Å². The Morgan fingerprint density at radius 3 is 2.60 bits per heavy atom. The molecule has 1 aliphatic rings. The van der Waals surface area contributed by atoms with Crippen LogP contribution in [-0.4, -0.2) is 19.2 Å². The summed E-state index contributed by atoms with van der Waals surface area (Å²) >= 11 is 0. The molecule has 0 aromatic heterocycles. The van der Waals surface area contributed by atoms with E-state index in [0.717, 1.165) is 16.8 Å². The van der Waals surface area contributed by atoms with E-state index < -0.39 is 0 Å². The molecule has 2 aromatic carbocycles. The molecule has 0 radical (unpaired) electrons. The molecule has 0 spiro atoms. The first-order valence-electron chi connectivity index (χ1n) is 6.68. The number of hydrogen-bond donors (Lipinski definition) is 0. The Kier molecular flexibility index (Phi) is 3.33. The van der Waals surface area contributed by atoms with Crippen LogP contribution < -0.4 is 4.90 Å². The number of nitrogens with zero attached hydrogens (tertiary/aromatic N) is 2. The van der Waals surface area contributed by atoms with Crippen LogP contribution in [0.2, 0.25) is 0 Å². The summed E-state index contributed by atoms with van der Waals surface area (Å²) in [6, 6.07) is 17.9. The molecule has 2 aromatic rings. The molecule has 3 nitrogen and oxygen atoms in total. The number of carbonyl (C=O) groups excluding carboxylic acids is 1. The molecule has 100 valence electrons. The number of rotatable bonds is 3. The maximum Gasteiger partial charge on any atom is 0.239 e. The van der Waals surface area contributed by atoms with Gasteiger partial charge in [-0.05, 0) is 17.2 Å². The largest absolute Gasteiger partial charge is 0.314 e. The van der Waals surface area contributed by atoms with Gasteiger partial charge in [0, 0.05) is 18.9 Å². The van der Waals surface area contributed by atoms with Crippen LogP contribution in [-0.2, 0) is 11.3 Å². The van der Waals surface area contributed by atoms with Crippen molar-refractivity contribution in [2.75, 3.05) is 11.9 Å². The molecule has 0 aliphatic carbocycles. The third-order valence-corrected chi connectivity index (χ3v) is 3.60. The summed E-state index contributed by atoms with van der Waals surface area (Å²) in [4.78, 5) is 18.4. The smallest absolute Gasteiger partial charge is 0.239 e. The second-order valence-corrected chi connectivity index (χ2v) is 4.91. The number of aliphatic imine (C=N–C) groups is 1. The van der Waals surface area contributed by atoms with E-state index in [1.165, 1.54) is 0 Å². The molecule has 1 heterocycles.